The molecular formula is C15H17BrN2O2. The Morgan fingerprint density at radius 2 is 1.95 bits per heavy atom. The second kappa shape index (κ2) is 5.20. The summed E-state index contributed by atoms with van der Waals surface area (Å²) in [4.78, 5) is 28.2. The van der Waals surface area contributed by atoms with Crippen LogP contribution in [0.5, 0.6) is 0 Å². The quantitative estimate of drug-likeness (QED) is 0.831. The average Bonchev–Trinajstić information content (AvgIpc) is 2.93. The van der Waals surface area contributed by atoms with Gasteiger partial charge in [-0.25, -0.2) is 0 Å². The lowest BCUT2D eigenvalue weighted by Crippen LogP contribution is -2.57. The van der Waals surface area contributed by atoms with Gasteiger partial charge in [0.15, 0.2) is 0 Å². The summed E-state index contributed by atoms with van der Waals surface area (Å²) < 4.78 is 1.01. The van der Waals surface area contributed by atoms with E-state index in [0.29, 0.717) is 0 Å². The van der Waals surface area contributed by atoms with Gasteiger partial charge in [0.2, 0.25) is 11.8 Å². The van der Waals surface area contributed by atoms with Gasteiger partial charge >= 0.3 is 0 Å². The van der Waals surface area contributed by atoms with Crippen LogP contribution in [0.3, 0.4) is 0 Å². The van der Waals surface area contributed by atoms with Gasteiger partial charge in [0.25, 0.3) is 0 Å². The number of hydrogen-bond donors (Lipinski definition) is 0. The molecule has 5 heteroatoms. The van der Waals surface area contributed by atoms with Gasteiger partial charge in [-0.3, -0.25) is 9.59 Å². The van der Waals surface area contributed by atoms with Gasteiger partial charge in [-0.1, -0.05) is 28.1 Å². The number of nitrogens with zero attached hydrogens (tertiary/aromatic N) is 2. The SMILES string of the molecule is CC(c1ccc(Br)cc1)N1CC(=O)N2CCCC2C1=O. The minimum absolute atomic E-state index is 0.0673. The number of hydrogen-bond acceptors (Lipinski definition) is 2. The summed E-state index contributed by atoms with van der Waals surface area (Å²) in [6.45, 7) is 2.92. The van der Waals surface area contributed by atoms with Gasteiger partial charge in [-0.2, -0.15) is 0 Å². The molecule has 0 spiro atoms. The van der Waals surface area contributed by atoms with Crippen LogP contribution >= 0.6 is 15.9 Å². The van der Waals surface area contributed by atoms with Gasteiger partial charge in [0, 0.05) is 11.0 Å². The summed E-state index contributed by atoms with van der Waals surface area (Å²) >= 11 is 3.41. The highest BCUT2D eigenvalue weighted by atomic mass is 79.9. The average molecular weight is 337 g/mol. The molecule has 1 aromatic carbocycles. The van der Waals surface area contributed by atoms with E-state index in [0.717, 1.165) is 29.4 Å². The number of amides is 2. The van der Waals surface area contributed by atoms with E-state index in [2.05, 4.69) is 15.9 Å². The summed E-state index contributed by atoms with van der Waals surface area (Å²) in [6, 6.07) is 7.62. The van der Waals surface area contributed by atoms with E-state index >= 15 is 0 Å². The summed E-state index contributed by atoms with van der Waals surface area (Å²) in [5, 5.41) is 0. The number of fused-ring (bicyclic) bond motifs is 1. The Morgan fingerprint density at radius 1 is 1.25 bits per heavy atom. The predicted molar refractivity (Wildman–Crippen MR) is 79.0 cm³/mol. The molecule has 0 saturated carbocycles. The van der Waals surface area contributed by atoms with E-state index in [4.69, 9.17) is 0 Å². The Bertz CT molecular complexity index is 543. The fourth-order valence-corrected chi connectivity index (χ4v) is 3.34. The molecule has 4 nitrogen and oxygen atoms in total. The van der Waals surface area contributed by atoms with Gasteiger partial charge in [-0.05, 0) is 37.5 Å². The number of benzene rings is 1. The molecule has 106 valence electrons. The van der Waals surface area contributed by atoms with Crippen LogP contribution in [0.2, 0.25) is 0 Å². The van der Waals surface area contributed by atoms with E-state index in [9.17, 15) is 9.59 Å². The van der Waals surface area contributed by atoms with Crippen molar-refractivity contribution in [2.75, 3.05) is 13.1 Å². The molecule has 1 aromatic rings. The maximum Gasteiger partial charge on any atom is 0.246 e. The van der Waals surface area contributed by atoms with Crippen molar-refractivity contribution < 1.29 is 9.59 Å². The zero-order valence-corrected chi connectivity index (χ0v) is 13.0. The Hall–Kier alpha value is -1.36. The topological polar surface area (TPSA) is 40.6 Å². The second-order valence-corrected chi connectivity index (χ2v) is 6.35. The molecule has 0 N–H and O–H groups in total. The van der Waals surface area contributed by atoms with E-state index in [-0.39, 0.29) is 30.4 Å². The van der Waals surface area contributed by atoms with Crippen molar-refractivity contribution in [1.29, 1.82) is 0 Å². The number of carbonyl (C=O) groups is 2. The van der Waals surface area contributed by atoms with Crippen molar-refractivity contribution in [2.45, 2.75) is 31.8 Å². The normalized spacial score (nSPS) is 24.0. The Labute approximate surface area is 126 Å². The van der Waals surface area contributed by atoms with Crippen LogP contribution in [-0.4, -0.2) is 40.7 Å². The fourth-order valence-electron chi connectivity index (χ4n) is 3.08. The summed E-state index contributed by atoms with van der Waals surface area (Å²) in [6.07, 6.45) is 1.73. The lowest BCUT2D eigenvalue weighted by atomic mass is 10.0. The maximum atomic E-state index is 12.6. The maximum absolute atomic E-state index is 12.6. The van der Waals surface area contributed by atoms with Gasteiger partial charge in [0.05, 0.1) is 6.04 Å². The monoisotopic (exact) mass is 336 g/mol. The molecule has 20 heavy (non-hydrogen) atoms. The molecule has 2 aliphatic rings. The third kappa shape index (κ3) is 2.24. The zero-order chi connectivity index (χ0) is 14.3. The number of halogens is 1. The first-order chi connectivity index (χ1) is 9.58. The fraction of sp³-hybridized carbons (Fsp3) is 0.467. The molecular weight excluding hydrogens is 320 g/mol. The van der Waals surface area contributed by atoms with Crippen molar-refractivity contribution in [3.05, 3.63) is 34.3 Å². The summed E-state index contributed by atoms with van der Waals surface area (Å²) in [5.41, 5.74) is 1.06. The predicted octanol–water partition coefficient (Wildman–Crippen LogP) is 2.34. The van der Waals surface area contributed by atoms with Crippen molar-refractivity contribution in [1.82, 2.24) is 9.80 Å². The minimum Gasteiger partial charge on any atom is -0.329 e. The van der Waals surface area contributed by atoms with Crippen molar-refractivity contribution in [3.8, 4) is 0 Å². The first kappa shape index (κ1) is 13.6. The van der Waals surface area contributed by atoms with Gasteiger partial charge in [-0.15, -0.1) is 0 Å². The van der Waals surface area contributed by atoms with Crippen LogP contribution in [0.1, 0.15) is 31.4 Å². The number of rotatable bonds is 2. The van der Waals surface area contributed by atoms with Crippen molar-refractivity contribution >= 4 is 27.7 Å². The molecule has 2 saturated heterocycles. The van der Waals surface area contributed by atoms with Crippen LogP contribution < -0.4 is 0 Å². The molecule has 0 radical (unpaired) electrons. The molecule has 0 aliphatic carbocycles. The smallest absolute Gasteiger partial charge is 0.246 e. The standard InChI is InChI=1S/C15H17BrN2O2/c1-10(11-4-6-12(16)7-5-11)18-9-14(19)17-8-2-3-13(17)15(18)20/h4-7,10,13H,2-3,8-9H2,1H3. The van der Waals surface area contributed by atoms with Crippen molar-refractivity contribution in [2.24, 2.45) is 0 Å². The first-order valence-corrected chi connectivity index (χ1v) is 7.72. The first-order valence-electron chi connectivity index (χ1n) is 6.93. The Balaban J connectivity index is 1.84. The summed E-state index contributed by atoms with van der Waals surface area (Å²) in [5.74, 6) is 0.175. The number of piperazine rings is 1. The highest BCUT2D eigenvalue weighted by Crippen LogP contribution is 2.30. The van der Waals surface area contributed by atoms with E-state index in [1.807, 2.05) is 31.2 Å². The molecule has 0 bridgehead atoms. The van der Waals surface area contributed by atoms with Gasteiger partial charge < -0.3 is 9.80 Å². The van der Waals surface area contributed by atoms with E-state index in [1.165, 1.54) is 0 Å². The summed E-state index contributed by atoms with van der Waals surface area (Å²) in [7, 11) is 0. The number of carbonyl (C=O) groups excluding carboxylic acids is 2. The largest absolute Gasteiger partial charge is 0.329 e. The zero-order valence-electron chi connectivity index (χ0n) is 11.4. The molecule has 2 heterocycles. The third-order valence-electron chi connectivity index (χ3n) is 4.27. The van der Waals surface area contributed by atoms with Crippen LogP contribution in [0.25, 0.3) is 0 Å². The molecule has 3 rings (SSSR count). The van der Waals surface area contributed by atoms with E-state index < -0.39 is 0 Å². The lowest BCUT2D eigenvalue weighted by Gasteiger charge is -2.39. The Kier molecular flexibility index (Phi) is 3.54. The molecule has 2 atom stereocenters. The molecule has 0 aromatic heterocycles. The highest BCUT2D eigenvalue weighted by Gasteiger charge is 2.43. The Morgan fingerprint density at radius 3 is 2.65 bits per heavy atom. The molecule has 2 fully saturated rings. The second-order valence-electron chi connectivity index (χ2n) is 5.44. The van der Waals surface area contributed by atoms with Crippen LogP contribution in [0.4, 0.5) is 0 Å². The highest BCUT2D eigenvalue weighted by molar-refractivity contribution is 9.10. The van der Waals surface area contributed by atoms with Crippen LogP contribution in [-0.2, 0) is 9.59 Å². The minimum atomic E-state index is -0.228. The van der Waals surface area contributed by atoms with Crippen molar-refractivity contribution in [3.63, 3.8) is 0 Å². The third-order valence-corrected chi connectivity index (χ3v) is 4.80. The molecule has 2 amide bonds. The van der Waals surface area contributed by atoms with E-state index in [1.54, 1.807) is 9.80 Å². The molecule has 2 aliphatic heterocycles. The lowest BCUT2D eigenvalue weighted by molar-refractivity contribution is -0.155. The molecule has 2 unspecified atom stereocenters. The van der Waals surface area contributed by atoms with Gasteiger partial charge in [0.1, 0.15) is 12.6 Å². The van der Waals surface area contributed by atoms with Crippen LogP contribution in [0, 0.1) is 0 Å². The van der Waals surface area contributed by atoms with Crippen LogP contribution in [0.15, 0.2) is 28.7 Å².